The number of carbonyl (C=O) groups is 1. The third-order valence-electron chi connectivity index (χ3n) is 5.17. The summed E-state index contributed by atoms with van der Waals surface area (Å²) in [5.41, 5.74) is 2.03. The third-order valence-corrected chi connectivity index (χ3v) is 5.42. The van der Waals surface area contributed by atoms with Crippen LogP contribution >= 0.6 is 11.6 Å². The van der Waals surface area contributed by atoms with Crippen molar-refractivity contribution in [1.82, 2.24) is 15.3 Å². The highest BCUT2D eigenvalue weighted by atomic mass is 35.5. The monoisotopic (exact) mass is 406 g/mol. The Hall–Kier alpha value is -2.92. The van der Waals surface area contributed by atoms with E-state index in [1.807, 2.05) is 60.7 Å². The molecule has 4 rings (SSSR count). The molecule has 3 aromatic rings. The Morgan fingerprint density at radius 2 is 1.90 bits per heavy atom. The fourth-order valence-corrected chi connectivity index (χ4v) is 3.71. The average molecular weight is 407 g/mol. The van der Waals surface area contributed by atoms with Gasteiger partial charge in [-0.1, -0.05) is 54.1 Å². The quantitative estimate of drug-likeness (QED) is 0.685. The minimum Gasteiger partial charge on any atom is -0.356 e. The Balaban J connectivity index is 1.40. The molecular formula is C23H23ClN4O. The molecule has 1 aliphatic rings. The highest BCUT2D eigenvalue weighted by molar-refractivity contribution is 6.30. The van der Waals surface area contributed by atoms with Crippen molar-refractivity contribution in [3.05, 3.63) is 77.4 Å². The van der Waals surface area contributed by atoms with Crippen molar-refractivity contribution in [2.45, 2.75) is 19.4 Å². The minimum atomic E-state index is -0.0498. The lowest BCUT2D eigenvalue weighted by Crippen LogP contribution is -2.43. The van der Waals surface area contributed by atoms with Gasteiger partial charge in [-0.25, -0.2) is 9.97 Å². The number of carbonyl (C=O) groups excluding carboxylic acids is 1. The zero-order chi connectivity index (χ0) is 20.1. The minimum absolute atomic E-state index is 0.0498. The number of amides is 1. The standard InChI is InChI=1S/C23H23ClN4O/c24-20-10-8-17(9-11-20)15-26-23(29)19-7-4-14-28(16-19)21-12-13-25-22(27-21)18-5-2-1-3-6-18/h1-3,5-6,8-13,19H,4,7,14-16H2,(H,26,29). The molecule has 1 aliphatic heterocycles. The molecule has 1 saturated heterocycles. The molecule has 1 fully saturated rings. The van der Waals surface area contributed by atoms with Crippen LogP contribution in [0.4, 0.5) is 5.82 Å². The van der Waals surface area contributed by atoms with Crippen LogP contribution in [0.25, 0.3) is 11.4 Å². The zero-order valence-electron chi connectivity index (χ0n) is 16.1. The molecule has 1 N–H and O–H groups in total. The first-order valence-electron chi connectivity index (χ1n) is 9.84. The molecule has 0 bridgehead atoms. The Morgan fingerprint density at radius 1 is 1.10 bits per heavy atom. The van der Waals surface area contributed by atoms with Crippen molar-refractivity contribution in [2.75, 3.05) is 18.0 Å². The van der Waals surface area contributed by atoms with Gasteiger partial charge in [0, 0.05) is 36.4 Å². The van der Waals surface area contributed by atoms with E-state index in [1.165, 1.54) is 0 Å². The summed E-state index contributed by atoms with van der Waals surface area (Å²) in [6, 6.07) is 19.4. The summed E-state index contributed by atoms with van der Waals surface area (Å²) in [4.78, 5) is 24.0. The molecule has 0 radical (unpaired) electrons. The number of hydrogen-bond acceptors (Lipinski definition) is 4. The number of nitrogens with zero attached hydrogens (tertiary/aromatic N) is 3. The number of rotatable bonds is 5. The normalized spacial score (nSPS) is 16.4. The van der Waals surface area contributed by atoms with Gasteiger partial charge in [0.1, 0.15) is 5.82 Å². The van der Waals surface area contributed by atoms with Crippen LogP contribution in [0.3, 0.4) is 0 Å². The van der Waals surface area contributed by atoms with Crippen LogP contribution in [-0.2, 0) is 11.3 Å². The fourth-order valence-electron chi connectivity index (χ4n) is 3.59. The van der Waals surface area contributed by atoms with Crippen molar-refractivity contribution in [3.63, 3.8) is 0 Å². The molecule has 0 aliphatic carbocycles. The summed E-state index contributed by atoms with van der Waals surface area (Å²) in [6.45, 7) is 2.07. The maximum Gasteiger partial charge on any atom is 0.225 e. The van der Waals surface area contributed by atoms with Gasteiger partial charge in [0.2, 0.25) is 5.91 Å². The number of piperidine rings is 1. The van der Waals surface area contributed by atoms with Crippen LogP contribution in [0.2, 0.25) is 5.02 Å². The van der Waals surface area contributed by atoms with Gasteiger partial charge in [-0.05, 0) is 36.6 Å². The van der Waals surface area contributed by atoms with Crippen molar-refractivity contribution in [2.24, 2.45) is 5.92 Å². The van der Waals surface area contributed by atoms with E-state index in [4.69, 9.17) is 16.6 Å². The van der Waals surface area contributed by atoms with Gasteiger partial charge in [-0.2, -0.15) is 0 Å². The van der Waals surface area contributed by atoms with Crippen LogP contribution in [0.1, 0.15) is 18.4 Å². The molecular weight excluding hydrogens is 384 g/mol. The number of hydrogen-bond donors (Lipinski definition) is 1. The van der Waals surface area contributed by atoms with E-state index in [0.717, 1.165) is 36.3 Å². The van der Waals surface area contributed by atoms with Gasteiger partial charge >= 0.3 is 0 Å². The molecule has 2 heterocycles. The van der Waals surface area contributed by atoms with Crippen LogP contribution in [0.5, 0.6) is 0 Å². The summed E-state index contributed by atoms with van der Waals surface area (Å²) in [6.07, 6.45) is 3.64. The first-order chi connectivity index (χ1) is 14.2. The predicted octanol–water partition coefficient (Wildman–Crippen LogP) is 4.33. The molecule has 148 valence electrons. The van der Waals surface area contributed by atoms with E-state index in [1.54, 1.807) is 6.20 Å². The van der Waals surface area contributed by atoms with E-state index in [2.05, 4.69) is 15.2 Å². The summed E-state index contributed by atoms with van der Waals surface area (Å²) in [5, 5.41) is 3.75. The van der Waals surface area contributed by atoms with E-state index in [9.17, 15) is 4.79 Å². The lowest BCUT2D eigenvalue weighted by atomic mass is 9.97. The number of nitrogens with one attached hydrogen (secondary N) is 1. The number of halogens is 1. The highest BCUT2D eigenvalue weighted by Crippen LogP contribution is 2.24. The van der Waals surface area contributed by atoms with E-state index < -0.39 is 0 Å². The second-order valence-electron chi connectivity index (χ2n) is 7.23. The van der Waals surface area contributed by atoms with Gasteiger partial charge in [0.25, 0.3) is 0 Å². The van der Waals surface area contributed by atoms with E-state index >= 15 is 0 Å². The zero-order valence-corrected chi connectivity index (χ0v) is 16.8. The predicted molar refractivity (Wildman–Crippen MR) is 116 cm³/mol. The van der Waals surface area contributed by atoms with Crippen LogP contribution in [0, 0.1) is 5.92 Å². The smallest absolute Gasteiger partial charge is 0.225 e. The van der Waals surface area contributed by atoms with Gasteiger partial charge in [-0.15, -0.1) is 0 Å². The third kappa shape index (κ3) is 4.93. The topological polar surface area (TPSA) is 58.1 Å². The molecule has 0 saturated carbocycles. The number of aromatic nitrogens is 2. The van der Waals surface area contributed by atoms with Crippen molar-refractivity contribution in [1.29, 1.82) is 0 Å². The largest absolute Gasteiger partial charge is 0.356 e. The van der Waals surface area contributed by atoms with Crippen molar-refractivity contribution in [3.8, 4) is 11.4 Å². The summed E-state index contributed by atoms with van der Waals surface area (Å²) in [7, 11) is 0. The van der Waals surface area contributed by atoms with E-state index in [-0.39, 0.29) is 11.8 Å². The molecule has 29 heavy (non-hydrogen) atoms. The maximum atomic E-state index is 12.7. The van der Waals surface area contributed by atoms with E-state index in [0.29, 0.717) is 23.9 Å². The molecule has 2 aromatic carbocycles. The molecule has 1 atom stereocenters. The Morgan fingerprint density at radius 3 is 2.69 bits per heavy atom. The fraction of sp³-hybridized carbons (Fsp3) is 0.261. The average Bonchev–Trinajstić information content (AvgIpc) is 2.79. The highest BCUT2D eigenvalue weighted by Gasteiger charge is 2.26. The first-order valence-corrected chi connectivity index (χ1v) is 10.2. The van der Waals surface area contributed by atoms with Crippen molar-refractivity contribution >= 4 is 23.3 Å². The Labute approximate surface area is 175 Å². The SMILES string of the molecule is O=C(NCc1ccc(Cl)cc1)C1CCCN(c2ccnc(-c3ccccc3)n2)C1. The van der Waals surface area contributed by atoms with Gasteiger partial charge in [-0.3, -0.25) is 4.79 Å². The van der Waals surface area contributed by atoms with Crippen LogP contribution in [-0.4, -0.2) is 29.0 Å². The maximum absolute atomic E-state index is 12.7. The molecule has 6 heteroatoms. The second kappa shape index (κ2) is 9.05. The lowest BCUT2D eigenvalue weighted by Gasteiger charge is -2.33. The Kier molecular flexibility index (Phi) is 6.06. The molecule has 1 unspecified atom stereocenters. The number of benzene rings is 2. The molecule has 0 spiro atoms. The number of anilines is 1. The summed E-state index contributed by atoms with van der Waals surface area (Å²) < 4.78 is 0. The van der Waals surface area contributed by atoms with Gasteiger partial charge in [0.05, 0.1) is 5.92 Å². The van der Waals surface area contributed by atoms with Crippen LogP contribution in [0.15, 0.2) is 66.9 Å². The Bertz CT molecular complexity index is 962. The molecule has 5 nitrogen and oxygen atoms in total. The lowest BCUT2D eigenvalue weighted by molar-refractivity contribution is -0.125. The first kappa shape index (κ1) is 19.4. The second-order valence-corrected chi connectivity index (χ2v) is 7.67. The summed E-state index contributed by atoms with van der Waals surface area (Å²) in [5.74, 6) is 1.61. The molecule has 1 aromatic heterocycles. The van der Waals surface area contributed by atoms with Crippen LogP contribution < -0.4 is 10.2 Å². The van der Waals surface area contributed by atoms with Crippen molar-refractivity contribution < 1.29 is 4.79 Å². The summed E-state index contributed by atoms with van der Waals surface area (Å²) >= 11 is 5.92. The van der Waals surface area contributed by atoms with Gasteiger partial charge in [0.15, 0.2) is 5.82 Å². The molecule has 1 amide bonds. The van der Waals surface area contributed by atoms with Gasteiger partial charge < -0.3 is 10.2 Å².